The molecule has 7 nitrogen and oxygen atoms in total. The second-order valence-electron chi connectivity index (χ2n) is 6.98. The summed E-state index contributed by atoms with van der Waals surface area (Å²) in [7, 11) is 1.53. The number of Topliss-reactive ketones (excluding diaryl/α,β-unsaturated/α-hetero) is 1. The third-order valence-electron chi connectivity index (χ3n) is 4.94. The Bertz CT molecular complexity index is 1020. The molecule has 1 aromatic heterocycles. The van der Waals surface area contributed by atoms with Crippen LogP contribution in [0, 0.1) is 32.1 Å². The minimum Gasteiger partial charge on any atom is -0.494 e. The first-order valence-corrected chi connectivity index (χ1v) is 9.36. The molecule has 0 bridgehead atoms. The van der Waals surface area contributed by atoms with Gasteiger partial charge in [-0.25, -0.2) is 0 Å². The highest BCUT2D eigenvalue weighted by molar-refractivity contribution is 6.03. The summed E-state index contributed by atoms with van der Waals surface area (Å²) in [5, 5.41) is 20.1. The van der Waals surface area contributed by atoms with E-state index in [1.807, 2.05) is 32.0 Å². The van der Waals surface area contributed by atoms with Gasteiger partial charge < -0.3 is 14.6 Å². The molecule has 29 heavy (non-hydrogen) atoms. The molecule has 0 saturated carbocycles. The molecule has 0 radical (unpaired) electrons. The molecule has 1 aromatic carbocycles. The Kier molecular flexibility index (Phi) is 7.18. The van der Waals surface area contributed by atoms with E-state index in [2.05, 4.69) is 0 Å². The fraction of sp³-hybridized carbons (Fsp3) is 0.409. The Balaban J connectivity index is 2.44. The minimum absolute atomic E-state index is 0.0742. The van der Waals surface area contributed by atoms with Gasteiger partial charge in [-0.2, -0.15) is 5.26 Å². The molecular weight excluding hydrogens is 372 g/mol. The van der Waals surface area contributed by atoms with E-state index in [9.17, 15) is 20.0 Å². The highest BCUT2D eigenvalue weighted by Crippen LogP contribution is 2.25. The number of rotatable bonds is 8. The third kappa shape index (κ3) is 4.66. The molecule has 2 rings (SSSR count). The Morgan fingerprint density at radius 1 is 1.28 bits per heavy atom. The number of ketones is 1. The smallest absolute Gasteiger partial charge is 0.271 e. The van der Waals surface area contributed by atoms with Crippen LogP contribution in [0.3, 0.4) is 0 Å². The topological polar surface area (TPSA) is 102 Å². The Morgan fingerprint density at radius 2 is 1.97 bits per heavy atom. The Hall–Kier alpha value is -3.11. The first kappa shape index (κ1) is 22.2. The number of aryl methyl sites for hydroxylation is 2. The number of hydrogen-bond acceptors (Lipinski definition) is 6. The molecule has 1 N–H and O–H groups in total. The van der Waals surface area contributed by atoms with Crippen molar-refractivity contribution >= 4 is 5.78 Å². The van der Waals surface area contributed by atoms with Crippen molar-refractivity contribution < 1.29 is 19.4 Å². The van der Waals surface area contributed by atoms with Gasteiger partial charge in [-0.3, -0.25) is 14.2 Å². The van der Waals surface area contributed by atoms with E-state index in [4.69, 9.17) is 9.47 Å². The average Bonchev–Trinajstić information content (AvgIpc) is 2.67. The van der Waals surface area contributed by atoms with E-state index >= 15 is 0 Å². The summed E-state index contributed by atoms with van der Waals surface area (Å²) in [5.74, 6) is -0.432. The van der Waals surface area contributed by atoms with Gasteiger partial charge in [0.05, 0.1) is 5.56 Å². The third-order valence-corrected chi connectivity index (χ3v) is 4.94. The summed E-state index contributed by atoms with van der Waals surface area (Å²) in [6, 6.07) is 7.35. The molecule has 1 atom stereocenters. The zero-order chi connectivity index (χ0) is 21.7. The largest absolute Gasteiger partial charge is 0.494 e. The molecule has 0 aliphatic heterocycles. The number of hydrogen-bond donors (Lipinski definition) is 1. The van der Waals surface area contributed by atoms with Crippen molar-refractivity contribution in [1.29, 1.82) is 5.26 Å². The fourth-order valence-electron chi connectivity index (χ4n) is 3.07. The van der Waals surface area contributed by atoms with E-state index in [0.717, 1.165) is 15.7 Å². The molecule has 1 unspecified atom stereocenters. The summed E-state index contributed by atoms with van der Waals surface area (Å²) in [6.45, 7) is 7.47. The molecule has 0 aliphatic rings. The van der Waals surface area contributed by atoms with Crippen LogP contribution in [0.1, 0.15) is 46.0 Å². The Morgan fingerprint density at radius 3 is 2.55 bits per heavy atom. The van der Waals surface area contributed by atoms with Gasteiger partial charge in [0, 0.05) is 20.3 Å². The lowest BCUT2D eigenvalue weighted by Crippen LogP contribution is -2.31. The SMILES string of the molecule is COCCCn1c(O)c(C(=O)C(C)Oc2ccc(C)c(C)c2)c(C)c(C#N)c1=O. The predicted octanol–water partition coefficient (Wildman–Crippen LogP) is 3.04. The van der Waals surface area contributed by atoms with Gasteiger partial charge >= 0.3 is 0 Å². The van der Waals surface area contributed by atoms with Gasteiger partial charge in [-0.15, -0.1) is 0 Å². The summed E-state index contributed by atoms with van der Waals surface area (Å²) < 4.78 is 11.8. The molecule has 154 valence electrons. The number of carbonyl (C=O) groups is 1. The molecule has 0 aliphatic carbocycles. The van der Waals surface area contributed by atoms with E-state index in [1.165, 1.54) is 14.0 Å². The molecule has 0 saturated heterocycles. The van der Waals surface area contributed by atoms with Crippen LogP contribution in [0.2, 0.25) is 0 Å². The van der Waals surface area contributed by atoms with Crippen LogP contribution in [-0.2, 0) is 11.3 Å². The summed E-state index contributed by atoms with van der Waals surface area (Å²) in [4.78, 5) is 25.6. The van der Waals surface area contributed by atoms with E-state index in [-0.39, 0.29) is 23.2 Å². The maximum atomic E-state index is 13.1. The van der Waals surface area contributed by atoms with Crippen molar-refractivity contribution in [3.05, 3.63) is 56.4 Å². The van der Waals surface area contributed by atoms with Gasteiger partial charge in [0.1, 0.15) is 17.4 Å². The van der Waals surface area contributed by atoms with Crippen molar-refractivity contribution in [2.75, 3.05) is 13.7 Å². The fourth-order valence-corrected chi connectivity index (χ4v) is 3.07. The van der Waals surface area contributed by atoms with Crippen molar-refractivity contribution in [1.82, 2.24) is 4.57 Å². The van der Waals surface area contributed by atoms with E-state index in [1.54, 1.807) is 13.0 Å². The van der Waals surface area contributed by atoms with Gasteiger partial charge in [0.15, 0.2) is 6.10 Å². The number of aromatic nitrogens is 1. The lowest BCUT2D eigenvalue weighted by atomic mass is 9.99. The number of benzene rings is 1. The second-order valence-corrected chi connectivity index (χ2v) is 6.98. The monoisotopic (exact) mass is 398 g/mol. The van der Waals surface area contributed by atoms with Crippen LogP contribution in [0.5, 0.6) is 11.6 Å². The second kappa shape index (κ2) is 9.39. The van der Waals surface area contributed by atoms with Gasteiger partial charge in [0.2, 0.25) is 11.7 Å². The van der Waals surface area contributed by atoms with Crippen LogP contribution >= 0.6 is 0 Å². The molecule has 7 heteroatoms. The number of carbonyl (C=O) groups excluding carboxylic acids is 1. The van der Waals surface area contributed by atoms with Crippen molar-refractivity contribution in [3.63, 3.8) is 0 Å². The number of ether oxygens (including phenoxy) is 2. The van der Waals surface area contributed by atoms with E-state index < -0.39 is 23.3 Å². The number of methoxy groups -OCH3 is 1. The highest BCUT2D eigenvalue weighted by Gasteiger charge is 2.28. The van der Waals surface area contributed by atoms with Gasteiger partial charge in [-0.1, -0.05) is 6.07 Å². The molecular formula is C22H26N2O5. The normalized spacial score (nSPS) is 11.7. The Labute approximate surface area is 170 Å². The van der Waals surface area contributed by atoms with Crippen molar-refractivity contribution in [3.8, 4) is 17.7 Å². The average molecular weight is 398 g/mol. The number of pyridine rings is 1. The maximum absolute atomic E-state index is 13.1. The minimum atomic E-state index is -0.918. The molecule has 0 spiro atoms. The van der Waals surface area contributed by atoms with Gasteiger partial charge in [0.25, 0.3) is 5.56 Å². The van der Waals surface area contributed by atoms with Gasteiger partial charge in [-0.05, 0) is 62.9 Å². The van der Waals surface area contributed by atoms with Crippen LogP contribution in [0.25, 0.3) is 0 Å². The van der Waals surface area contributed by atoms with Crippen LogP contribution in [0.4, 0.5) is 0 Å². The predicted molar refractivity (Wildman–Crippen MR) is 109 cm³/mol. The molecule has 0 fully saturated rings. The first-order valence-electron chi connectivity index (χ1n) is 9.36. The lowest BCUT2D eigenvalue weighted by molar-refractivity contribution is 0.0812. The number of aromatic hydroxyl groups is 1. The summed E-state index contributed by atoms with van der Waals surface area (Å²) in [6.07, 6.45) is -0.474. The maximum Gasteiger partial charge on any atom is 0.271 e. The summed E-state index contributed by atoms with van der Waals surface area (Å²) in [5.41, 5.74) is 1.42. The standard InChI is InChI=1S/C22H26N2O5/c1-13-7-8-17(11-14(13)2)29-16(4)20(25)19-15(3)18(12-23)21(26)24(22(19)27)9-6-10-28-5/h7-8,11,16,27H,6,9-10H2,1-5H3. The molecule has 0 amide bonds. The quantitative estimate of drug-likeness (QED) is 0.542. The molecule has 2 aromatic rings. The van der Waals surface area contributed by atoms with Crippen LogP contribution < -0.4 is 10.3 Å². The first-order chi connectivity index (χ1) is 13.7. The van der Waals surface area contributed by atoms with Crippen molar-refractivity contribution in [2.45, 2.75) is 46.8 Å². The summed E-state index contributed by atoms with van der Waals surface area (Å²) >= 11 is 0. The molecule has 1 heterocycles. The highest BCUT2D eigenvalue weighted by atomic mass is 16.5. The number of nitriles is 1. The van der Waals surface area contributed by atoms with Crippen molar-refractivity contribution in [2.24, 2.45) is 0 Å². The van der Waals surface area contributed by atoms with E-state index in [0.29, 0.717) is 18.8 Å². The zero-order valence-corrected chi connectivity index (χ0v) is 17.4. The van der Waals surface area contributed by atoms with Crippen LogP contribution in [0.15, 0.2) is 23.0 Å². The number of nitrogens with zero attached hydrogens (tertiary/aromatic N) is 2. The zero-order valence-electron chi connectivity index (χ0n) is 17.4. The lowest BCUT2D eigenvalue weighted by Gasteiger charge is -2.19. The van der Waals surface area contributed by atoms with Crippen LogP contribution in [-0.4, -0.2) is 35.3 Å².